The van der Waals surface area contributed by atoms with E-state index >= 15 is 0 Å². The summed E-state index contributed by atoms with van der Waals surface area (Å²) in [5, 5.41) is -2.23. The zero-order valence-corrected chi connectivity index (χ0v) is 22.6. The second kappa shape index (κ2) is 19.1. The van der Waals surface area contributed by atoms with Crippen molar-refractivity contribution in [2.75, 3.05) is 18.5 Å². The van der Waals surface area contributed by atoms with Gasteiger partial charge in [0.15, 0.2) is 0 Å². The van der Waals surface area contributed by atoms with Crippen LogP contribution in [0.2, 0.25) is 0 Å². The molecule has 0 aromatic rings. The SMILES string of the molecule is CCCCCCCCP(Br)(C=C=O)(CCCCCCCC)CCCCCCCC. The van der Waals surface area contributed by atoms with Crippen molar-refractivity contribution in [2.24, 2.45) is 0 Å². The Morgan fingerprint density at radius 1 is 0.552 bits per heavy atom. The molecular formula is C26H52BrOP. The molecule has 0 bridgehead atoms. The van der Waals surface area contributed by atoms with Crippen molar-refractivity contribution in [3.63, 3.8) is 0 Å². The van der Waals surface area contributed by atoms with E-state index in [9.17, 15) is 4.79 Å². The Morgan fingerprint density at radius 3 is 1.10 bits per heavy atom. The molecule has 1 nitrogen and oxygen atoms in total. The third-order valence-corrected chi connectivity index (χ3v) is 15.2. The number of rotatable bonds is 22. The van der Waals surface area contributed by atoms with Gasteiger partial charge >= 0.3 is 192 Å². The minimum atomic E-state index is -2.23. The molecule has 0 spiro atoms. The number of unbranched alkanes of at least 4 members (excludes halogenated alkanes) is 15. The molecule has 0 rings (SSSR count). The molecule has 0 aliphatic carbocycles. The van der Waals surface area contributed by atoms with Crippen LogP contribution in [0.15, 0.2) is 5.82 Å². The van der Waals surface area contributed by atoms with Crippen molar-refractivity contribution in [2.45, 2.75) is 136 Å². The molecule has 174 valence electrons. The summed E-state index contributed by atoms with van der Waals surface area (Å²) >= 11 is 4.31. The summed E-state index contributed by atoms with van der Waals surface area (Å²) in [6.45, 7) is 6.84. The second-order valence-electron chi connectivity index (χ2n) is 9.40. The summed E-state index contributed by atoms with van der Waals surface area (Å²) in [5.41, 5.74) is 0. The van der Waals surface area contributed by atoms with Crippen LogP contribution in [0.4, 0.5) is 0 Å². The van der Waals surface area contributed by atoms with Crippen LogP contribution in [0, 0.1) is 0 Å². The summed E-state index contributed by atoms with van der Waals surface area (Å²) in [6, 6.07) is 0. The van der Waals surface area contributed by atoms with Gasteiger partial charge in [0.2, 0.25) is 0 Å². The van der Waals surface area contributed by atoms with Gasteiger partial charge in [0.25, 0.3) is 0 Å². The third kappa shape index (κ3) is 15.8. The molecule has 29 heavy (non-hydrogen) atoms. The number of carbonyl (C=O) groups excluding carboxylic acids is 1. The van der Waals surface area contributed by atoms with Crippen molar-refractivity contribution in [3.8, 4) is 0 Å². The molecule has 0 atom stereocenters. The van der Waals surface area contributed by atoms with Crippen LogP contribution in [0.5, 0.6) is 0 Å². The van der Waals surface area contributed by atoms with Gasteiger partial charge in [0.1, 0.15) is 0 Å². The van der Waals surface area contributed by atoms with Crippen molar-refractivity contribution in [3.05, 3.63) is 5.82 Å². The molecule has 0 aliphatic heterocycles. The Labute approximate surface area is 191 Å². The van der Waals surface area contributed by atoms with E-state index in [0.29, 0.717) is 0 Å². The molecule has 3 heteroatoms. The van der Waals surface area contributed by atoms with Crippen molar-refractivity contribution in [1.82, 2.24) is 0 Å². The Morgan fingerprint density at radius 2 is 0.828 bits per heavy atom. The van der Waals surface area contributed by atoms with Gasteiger partial charge in [0, 0.05) is 0 Å². The number of hydrogen-bond acceptors (Lipinski definition) is 1. The van der Waals surface area contributed by atoms with E-state index < -0.39 is 5.31 Å². The van der Waals surface area contributed by atoms with Crippen LogP contribution >= 0.6 is 20.8 Å². The summed E-state index contributed by atoms with van der Waals surface area (Å²) < 4.78 is 0. The van der Waals surface area contributed by atoms with Crippen LogP contribution in [0.25, 0.3) is 0 Å². The Kier molecular flexibility index (Phi) is 19.3. The first-order chi connectivity index (χ1) is 14.0. The van der Waals surface area contributed by atoms with E-state index in [2.05, 4.69) is 42.2 Å². The van der Waals surface area contributed by atoms with E-state index in [1.54, 1.807) is 0 Å². The summed E-state index contributed by atoms with van der Waals surface area (Å²) in [7, 11) is 0. The first-order valence-corrected chi connectivity index (χ1v) is 17.9. The molecular weight excluding hydrogens is 439 g/mol. The summed E-state index contributed by atoms with van der Waals surface area (Å²) in [5.74, 6) is 4.28. The summed E-state index contributed by atoms with van der Waals surface area (Å²) in [6.07, 6.45) is 27.6. The fourth-order valence-electron chi connectivity index (χ4n) is 4.46. The topological polar surface area (TPSA) is 17.1 Å². The maximum atomic E-state index is 11.6. The molecule has 0 N–H and O–H groups in total. The normalized spacial score (nSPS) is 13.0. The van der Waals surface area contributed by atoms with E-state index in [1.165, 1.54) is 134 Å². The number of halogens is 1. The first-order valence-electron chi connectivity index (χ1n) is 13.0. The van der Waals surface area contributed by atoms with E-state index in [-0.39, 0.29) is 0 Å². The number of hydrogen-bond donors (Lipinski definition) is 0. The molecule has 0 fully saturated rings. The van der Waals surface area contributed by atoms with Crippen LogP contribution in [-0.2, 0) is 4.79 Å². The molecule has 0 unspecified atom stereocenters. The standard InChI is InChI=1S/C26H52BrOP/c1-4-7-10-13-16-19-23-29(27,26-22-28,24-20-17-14-11-8-5-2)25-21-18-15-12-9-6-3/h26H,4-21,23-25H2,1-3H3. The summed E-state index contributed by atoms with van der Waals surface area (Å²) in [4.78, 5) is 11.6. The van der Waals surface area contributed by atoms with Crippen molar-refractivity contribution < 1.29 is 4.79 Å². The molecule has 0 amide bonds. The predicted octanol–water partition coefficient (Wildman–Crippen LogP) is 10.3. The second-order valence-corrected chi connectivity index (χ2v) is 20.1. The van der Waals surface area contributed by atoms with E-state index in [4.69, 9.17) is 0 Å². The Hall–Kier alpha value is 0.360. The molecule has 0 aromatic heterocycles. The van der Waals surface area contributed by atoms with Crippen molar-refractivity contribution >= 4 is 26.7 Å². The van der Waals surface area contributed by atoms with E-state index in [1.807, 2.05) is 5.82 Å². The first kappa shape index (κ1) is 29.4. The fourth-order valence-corrected chi connectivity index (χ4v) is 11.2. The molecule has 0 saturated carbocycles. The van der Waals surface area contributed by atoms with E-state index in [0.717, 1.165) is 0 Å². The van der Waals surface area contributed by atoms with Crippen LogP contribution in [0.1, 0.15) is 136 Å². The molecule has 0 radical (unpaired) electrons. The van der Waals surface area contributed by atoms with Crippen LogP contribution in [0.3, 0.4) is 0 Å². The van der Waals surface area contributed by atoms with Gasteiger partial charge in [0.05, 0.1) is 0 Å². The fraction of sp³-hybridized carbons (Fsp3) is 0.923. The van der Waals surface area contributed by atoms with Gasteiger partial charge in [-0.15, -0.1) is 0 Å². The van der Waals surface area contributed by atoms with Crippen LogP contribution in [-0.4, -0.2) is 24.4 Å². The molecule has 0 aliphatic rings. The third-order valence-electron chi connectivity index (χ3n) is 6.50. The van der Waals surface area contributed by atoms with Gasteiger partial charge in [-0.2, -0.15) is 0 Å². The van der Waals surface area contributed by atoms with Crippen molar-refractivity contribution in [1.29, 1.82) is 0 Å². The minimum absolute atomic E-state index is 1.22. The Balaban J connectivity index is 4.74. The zero-order valence-electron chi connectivity index (χ0n) is 20.2. The molecule has 0 heterocycles. The van der Waals surface area contributed by atoms with Gasteiger partial charge in [-0.1, -0.05) is 0 Å². The predicted molar refractivity (Wildman–Crippen MR) is 141 cm³/mol. The van der Waals surface area contributed by atoms with Gasteiger partial charge < -0.3 is 0 Å². The quantitative estimate of drug-likeness (QED) is 0.0836. The maximum absolute atomic E-state index is 11.6. The Bertz CT molecular complexity index is 373. The average Bonchev–Trinajstić information content (AvgIpc) is 2.71. The molecule has 0 saturated heterocycles. The van der Waals surface area contributed by atoms with Gasteiger partial charge in [-0.05, 0) is 0 Å². The van der Waals surface area contributed by atoms with Gasteiger partial charge in [-0.3, -0.25) is 0 Å². The monoisotopic (exact) mass is 490 g/mol. The van der Waals surface area contributed by atoms with Gasteiger partial charge in [-0.25, -0.2) is 0 Å². The molecule has 0 aromatic carbocycles. The zero-order chi connectivity index (χ0) is 21.7. The van der Waals surface area contributed by atoms with Crippen LogP contribution < -0.4 is 0 Å². The average molecular weight is 492 g/mol.